The van der Waals surface area contributed by atoms with E-state index in [-0.39, 0.29) is 5.96 Å². The van der Waals surface area contributed by atoms with Gasteiger partial charge in [0.1, 0.15) is 12.0 Å². The van der Waals surface area contributed by atoms with Crippen molar-refractivity contribution in [2.75, 3.05) is 0 Å². The standard InChI is InChI=1S/C11H12N4O/c12-11(13)14-6-9-7-16-10(15-9)8-4-2-1-3-5-8/h1-5,7H,6H2,(H4,12,13,14). The number of oxazole rings is 1. The summed E-state index contributed by atoms with van der Waals surface area (Å²) in [6, 6.07) is 9.64. The molecular weight excluding hydrogens is 204 g/mol. The Morgan fingerprint density at radius 2 is 2.00 bits per heavy atom. The molecule has 2 rings (SSSR count). The van der Waals surface area contributed by atoms with Crippen molar-refractivity contribution >= 4 is 5.96 Å². The molecule has 5 heteroatoms. The third-order valence-corrected chi connectivity index (χ3v) is 2.00. The van der Waals surface area contributed by atoms with Crippen LogP contribution in [-0.4, -0.2) is 10.9 Å². The summed E-state index contributed by atoms with van der Waals surface area (Å²) in [4.78, 5) is 8.12. The summed E-state index contributed by atoms with van der Waals surface area (Å²) < 4.78 is 5.32. The van der Waals surface area contributed by atoms with Crippen molar-refractivity contribution in [2.24, 2.45) is 16.5 Å². The smallest absolute Gasteiger partial charge is 0.226 e. The minimum atomic E-state index is 0.0456. The molecular formula is C11H12N4O. The van der Waals surface area contributed by atoms with Crippen LogP contribution in [0.5, 0.6) is 0 Å². The molecule has 0 unspecified atom stereocenters. The first-order valence-electron chi connectivity index (χ1n) is 4.81. The average Bonchev–Trinajstić information content (AvgIpc) is 2.76. The molecule has 1 heterocycles. The fraction of sp³-hybridized carbons (Fsp3) is 0.0909. The first kappa shape index (κ1) is 10.2. The number of hydrogen-bond acceptors (Lipinski definition) is 3. The maximum Gasteiger partial charge on any atom is 0.226 e. The third kappa shape index (κ3) is 2.38. The van der Waals surface area contributed by atoms with Crippen LogP contribution in [-0.2, 0) is 6.54 Å². The molecule has 0 fully saturated rings. The van der Waals surface area contributed by atoms with E-state index in [0.717, 1.165) is 5.56 Å². The van der Waals surface area contributed by atoms with Crippen LogP contribution in [0.2, 0.25) is 0 Å². The molecule has 1 aromatic heterocycles. The van der Waals surface area contributed by atoms with Crippen molar-refractivity contribution in [1.82, 2.24) is 4.98 Å². The topological polar surface area (TPSA) is 90.4 Å². The molecule has 4 N–H and O–H groups in total. The first-order chi connectivity index (χ1) is 7.75. The van der Waals surface area contributed by atoms with Gasteiger partial charge in [0.2, 0.25) is 5.89 Å². The molecule has 1 aromatic carbocycles. The van der Waals surface area contributed by atoms with Crippen LogP contribution in [0.4, 0.5) is 0 Å². The second kappa shape index (κ2) is 4.48. The highest BCUT2D eigenvalue weighted by Crippen LogP contribution is 2.17. The van der Waals surface area contributed by atoms with Gasteiger partial charge < -0.3 is 15.9 Å². The second-order valence-electron chi connectivity index (χ2n) is 3.25. The minimum Gasteiger partial charge on any atom is -0.444 e. The molecule has 0 aliphatic carbocycles. The highest BCUT2D eigenvalue weighted by molar-refractivity contribution is 5.75. The molecule has 0 aliphatic rings. The number of aliphatic imine (C=N–C) groups is 1. The van der Waals surface area contributed by atoms with E-state index in [4.69, 9.17) is 15.9 Å². The highest BCUT2D eigenvalue weighted by atomic mass is 16.3. The van der Waals surface area contributed by atoms with Crippen molar-refractivity contribution in [3.05, 3.63) is 42.3 Å². The number of aromatic nitrogens is 1. The summed E-state index contributed by atoms with van der Waals surface area (Å²) in [5, 5.41) is 0. The number of nitrogens with zero attached hydrogens (tertiary/aromatic N) is 2. The van der Waals surface area contributed by atoms with Crippen molar-refractivity contribution in [3.63, 3.8) is 0 Å². The first-order valence-corrected chi connectivity index (χ1v) is 4.81. The molecule has 82 valence electrons. The van der Waals surface area contributed by atoms with E-state index in [0.29, 0.717) is 18.1 Å². The summed E-state index contributed by atoms with van der Waals surface area (Å²) in [6.45, 7) is 0.332. The van der Waals surface area contributed by atoms with Crippen LogP contribution in [0.3, 0.4) is 0 Å². The van der Waals surface area contributed by atoms with Gasteiger partial charge in [-0.3, -0.25) is 0 Å². The van der Waals surface area contributed by atoms with Gasteiger partial charge in [0.25, 0.3) is 0 Å². The van der Waals surface area contributed by atoms with Crippen LogP contribution in [0, 0.1) is 0 Å². The number of hydrogen-bond donors (Lipinski definition) is 2. The van der Waals surface area contributed by atoms with E-state index < -0.39 is 0 Å². The van der Waals surface area contributed by atoms with Gasteiger partial charge in [-0.05, 0) is 12.1 Å². The van der Waals surface area contributed by atoms with E-state index >= 15 is 0 Å². The second-order valence-corrected chi connectivity index (χ2v) is 3.25. The lowest BCUT2D eigenvalue weighted by atomic mass is 10.2. The Morgan fingerprint density at radius 3 is 2.69 bits per heavy atom. The van der Waals surface area contributed by atoms with Crippen molar-refractivity contribution in [1.29, 1.82) is 0 Å². The molecule has 0 aliphatic heterocycles. The summed E-state index contributed by atoms with van der Waals surface area (Å²) in [5.41, 5.74) is 12.1. The monoisotopic (exact) mass is 216 g/mol. The Morgan fingerprint density at radius 1 is 1.25 bits per heavy atom. The molecule has 16 heavy (non-hydrogen) atoms. The largest absolute Gasteiger partial charge is 0.444 e. The highest BCUT2D eigenvalue weighted by Gasteiger charge is 2.05. The van der Waals surface area contributed by atoms with Gasteiger partial charge in [-0.2, -0.15) is 0 Å². The average molecular weight is 216 g/mol. The van der Waals surface area contributed by atoms with Crippen LogP contribution in [0.1, 0.15) is 5.69 Å². The van der Waals surface area contributed by atoms with Gasteiger partial charge in [-0.1, -0.05) is 18.2 Å². The fourth-order valence-corrected chi connectivity index (χ4v) is 1.27. The molecule has 0 saturated carbocycles. The van der Waals surface area contributed by atoms with Crippen LogP contribution >= 0.6 is 0 Å². The van der Waals surface area contributed by atoms with Gasteiger partial charge in [-0.25, -0.2) is 9.98 Å². The zero-order chi connectivity index (χ0) is 11.4. The van der Waals surface area contributed by atoms with Gasteiger partial charge in [0.15, 0.2) is 5.96 Å². The van der Waals surface area contributed by atoms with Gasteiger partial charge in [0.05, 0.1) is 6.54 Å². The lowest BCUT2D eigenvalue weighted by molar-refractivity contribution is 0.572. The fourth-order valence-electron chi connectivity index (χ4n) is 1.27. The summed E-state index contributed by atoms with van der Waals surface area (Å²) >= 11 is 0. The van der Waals surface area contributed by atoms with E-state index in [1.807, 2.05) is 30.3 Å². The third-order valence-electron chi connectivity index (χ3n) is 2.00. The predicted octanol–water partition coefficient (Wildman–Crippen LogP) is 1.12. The Labute approximate surface area is 92.8 Å². The number of rotatable bonds is 3. The Bertz CT molecular complexity index is 486. The summed E-state index contributed by atoms with van der Waals surface area (Å²) in [6.07, 6.45) is 1.55. The van der Waals surface area contributed by atoms with E-state index in [9.17, 15) is 0 Å². The maximum absolute atomic E-state index is 5.32. The number of nitrogens with two attached hydrogens (primary N) is 2. The lowest BCUT2D eigenvalue weighted by Crippen LogP contribution is -2.22. The molecule has 0 atom stereocenters. The van der Waals surface area contributed by atoms with Crippen LogP contribution in [0.25, 0.3) is 11.5 Å². The zero-order valence-electron chi connectivity index (χ0n) is 8.63. The Balaban J connectivity index is 2.17. The minimum absolute atomic E-state index is 0.0456. The lowest BCUT2D eigenvalue weighted by Gasteiger charge is -1.92. The molecule has 0 saturated heterocycles. The normalized spacial score (nSPS) is 10.0. The Kier molecular flexibility index (Phi) is 2.86. The van der Waals surface area contributed by atoms with Crippen molar-refractivity contribution in [2.45, 2.75) is 6.54 Å². The summed E-state index contributed by atoms with van der Waals surface area (Å²) in [5.74, 6) is 0.616. The van der Waals surface area contributed by atoms with E-state index in [2.05, 4.69) is 9.98 Å². The molecule has 0 spiro atoms. The SMILES string of the molecule is NC(N)=NCc1coc(-c2ccccc2)n1. The quantitative estimate of drug-likeness (QED) is 0.594. The molecule has 0 amide bonds. The zero-order valence-corrected chi connectivity index (χ0v) is 8.63. The predicted molar refractivity (Wildman–Crippen MR) is 61.5 cm³/mol. The van der Waals surface area contributed by atoms with Gasteiger partial charge >= 0.3 is 0 Å². The van der Waals surface area contributed by atoms with Crippen molar-refractivity contribution in [3.8, 4) is 11.5 Å². The molecule has 2 aromatic rings. The van der Waals surface area contributed by atoms with Crippen LogP contribution in [0.15, 0.2) is 46.0 Å². The molecule has 0 radical (unpaired) electrons. The van der Waals surface area contributed by atoms with E-state index in [1.54, 1.807) is 6.26 Å². The number of guanidine groups is 1. The van der Waals surface area contributed by atoms with Crippen molar-refractivity contribution < 1.29 is 4.42 Å². The molecule has 5 nitrogen and oxygen atoms in total. The van der Waals surface area contributed by atoms with Crippen LogP contribution < -0.4 is 11.5 Å². The molecule has 0 bridgehead atoms. The number of benzene rings is 1. The Hall–Kier alpha value is -2.30. The van der Waals surface area contributed by atoms with Gasteiger partial charge in [-0.15, -0.1) is 0 Å². The van der Waals surface area contributed by atoms with Gasteiger partial charge in [0, 0.05) is 5.56 Å². The summed E-state index contributed by atoms with van der Waals surface area (Å²) in [7, 11) is 0. The van der Waals surface area contributed by atoms with E-state index in [1.165, 1.54) is 0 Å². The maximum atomic E-state index is 5.32.